The van der Waals surface area contributed by atoms with Crippen molar-refractivity contribution in [1.82, 2.24) is 0 Å². The van der Waals surface area contributed by atoms with Crippen molar-refractivity contribution in [2.45, 2.75) is 38.1 Å². The Morgan fingerprint density at radius 2 is 1.91 bits per heavy atom. The van der Waals surface area contributed by atoms with Gasteiger partial charge in [-0.15, -0.1) is 0 Å². The second-order valence-corrected chi connectivity index (χ2v) is 7.67. The van der Waals surface area contributed by atoms with E-state index >= 15 is 0 Å². The second-order valence-electron chi connectivity index (χ2n) is 5.99. The zero-order chi connectivity index (χ0) is 15.9. The Balaban J connectivity index is 1.92. The Hall–Kier alpha value is -2.01. The molecule has 1 heterocycles. The molecule has 0 aromatic heterocycles. The summed E-state index contributed by atoms with van der Waals surface area (Å²) in [5.74, 6) is 0. The smallest absolute Gasteiger partial charge is 0.261 e. The fraction of sp³-hybridized carbons (Fsp3) is 0.294. The molecule has 5 heteroatoms. The van der Waals surface area contributed by atoms with Gasteiger partial charge in [0.1, 0.15) is 0 Å². The number of aryl methyl sites for hydroxylation is 2. The lowest BCUT2D eigenvalue weighted by Crippen LogP contribution is -2.14. The molecule has 0 spiro atoms. The van der Waals surface area contributed by atoms with Crippen LogP contribution in [-0.2, 0) is 16.4 Å². The normalized spacial score (nSPS) is 17.0. The Morgan fingerprint density at radius 3 is 2.64 bits per heavy atom. The highest BCUT2D eigenvalue weighted by Crippen LogP contribution is 2.29. The molecule has 1 atom stereocenters. The van der Waals surface area contributed by atoms with Crippen LogP contribution in [0, 0.1) is 13.8 Å². The minimum absolute atomic E-state index is 0.308. The maximum Gasteiger partial charge on any atom is 0.261 e. The standard InChI is InChI=1S/C17H20N2O2S/c1-11-4-6-16(12(2)8-11)19-22(20,21)15-5-7-17-14(10-15)9-13(3)18-17/h4-8,10,13,18-19H,9H2,1-3H3. The lowest BCUT2D eigenvalue weighted by atomic mass is 10.1. The van der Waals surface area contributed by atoms with Crippen LogP contribution in [0.25, 0.3) is 0 Å². The average molecular weight is 316 g/mol. The molecule has 0 amide bonds. The van der Waals surface area contributed by atoms with Crippen molar-refractivity contribution >= 4 is 21.4 Å². The van der Waals surface area contributed by atoms with Gasteiger partial charge in [0.05, 0.1) is 10.6 Å². The summed E-state index contributed by atoms with van der Waals surface area (Å²) in [7, 11) is -3.57. The monoisotopic (exact) mass is 316 g/mol. The molecule has 0 radical (unpaired) electrons. The van der Waals surface area contributed by atoms with Crippen molar-refractivity contribution < 1.29 is 8.42 Å². The Labute approximate surface area is 131 Å². The van der Waals surface area contributed by atoms with Gasteiger partial charge in [0.2, 0.25) is 0 Å². The molecular formula is C17H20N2O2S. The van der Waals surface area contributed by atoms with Gasteiger partial charge >= 0.3 is 0 Å². The molecule has 1 aliphatic rings. The van der Waals surface area contributed by atoms with E-state index in [1.165, 1.54) is 0 Å². The van der Waals surface area contributed by atoms with Gasteiger partial charge in [-0.05, 0) is 62.6 Å². The molecule has 0 fully saturated rings. The quantitative estimate of drug-likeness (QED) is 0.911. The van der Waals surface area contributed by atoms with Crippen LogP contribution in [0.4, 0.5) is 11.4 Å². The van der Waals surface area contributed by atoms with Crippen LogP contribution in [0.3, 0.4) is 0 Å². The van der Waals surface area contributed by atoms with E-state index < -0.39 is 10.0 Å². The van der Waals surface area contributed by atoms with E-state index in [2.05, 4.69) is 17.0 Å². The first-order valence-corrected chi connectivity index (χ1v) is 8.83. The van der Waals surface area contributed by atoms with Crippen LogP contribution in [0.1, 0.15) is 23.6 Å². The van der Waals surface area contributed by atoms with E-state index in [0.717, 1.165) is 28.8 Å². The molecule has 0 saturated carbocycles. The first-order chi connectivity index (χ1) is 10.3. The lowest BCUT2D eigenvalue weighted by molar-refractivity contribution is 0.601. The van der Waals surface area contributed by atoms with E-state index in [9.17, 15) is 8.42 Å². The first kappa shape index (κ1) is 14.9. The van der Waals surface area contributed by atoms with Gasteiger partial charge in [-0.3, -0.25) is 4.72 Å². The predicted molar refractivity (Wildman–Crippen MR) is 90.0 cm³/mol. The SMILES string of the molecule is Cc1ccc(NS(=O)(=O)c2ccc3c(c2)CC(C)N3)c(C)c1. The van der Waals surface area contributed by atoms with Gasteiger partial charge in [0, 0.05) is 11.7 Å². The van der Waals surface area contributed by atoms with E-state index in [1.54, 1.807) is 18.2 Å². The number of anilines is 2. The van der Waals surface area contributed by atoms with Gasteiger partial charge in [-0.1, -0.05) is 17.7 Å². The second kappa shape index (κ2) is 5.32. The fourth-order valence-corrected chi connectivity index (χ4v) is 4.01. The van der Waals surface area contributed by atoms with Crippen molar-refractivity contribution in [3.63, 3.8) is 0 Å². The summed E-state index contributed by atoms with van der Waals surface area (Å²) in [4.78, 5) is 0.308. The van der Waals surface area contributed by atoms with E-state index in [0.29, 0.717) is 16.6 Å². The molecular weight excluding hydrogens is 296 g/mol. The largest absolute Gasteiger partial charge is 0.382 e. The molecule has 2 N–H and O–H groups in total. The lowest BCUT2D eigenvalue weighted by Gasteiger charge is -2.12. The van der Waals surface area contributed by atoms with Crippen molar-refractivity contribution in [2.75, 3.05) is 10.0 Å². The molecule has 0 bridgehead atoms. The molecule has 0 aliphatic carbocycles. The highest BCUT2D eigenvalue weighted by molar-refractivity contribution is 7.92. The Kier molecular flexibility index (Phi) is 3.60. The number of fused-ring (bicyclic) bond motifs is 1. The highest BCUT2D eigenvalue weighted by atomic mass is 32.2. The highest BCUT2D eigenvalue weighted by Gasteiger charge is 2.21. The van der Waals surface area contributed by atoms with Gasteiger partial charge in [0.25, 0.3) is 10.0 Å². The number of hydrogen-bond acceptors (Lipinski definition) is 3. The minimum atomic E-state index is -3.57. The topological polar surface area (TPSA) is 58.2 Å². The zero-order valence-electron chi connectivity index (χ0n) is 13.0. The third-order valence-electron chi connectivity index (χ3n) is 3.94. The predicted octanol–water partition coefficient (Wildman–Crippen LogP) is 3.46. The molecule has 1 aliphatic heterocycles. The van der Waals surface area contributed by atoms with Crippen molar-refractivity contribution in [3.8, 4) is 0 Å². The summed E-state index contributed by atoms with van der Waals surface area (Å²) in [6.07, 6.45) is 0.849. The van der Waals surface area contributed by atoms with Crippen LogP contribution in [0.15, 0.2) is 41.3 Å². The summed E-state index contributed by atoms with van der Waals surface area (Å²) in [5.41, 5.74) is 4.73. The number of sulfonamides is 1. The summed E-state index contributed by atoms with van der Waals surface area (Å²) < 4.78 is 27.9. The van der Waals surface area contributed by atoms with E-state index in [4.69, 9.17) is 0 Å². The number of hydrogen-bond donors (Lipinski definition) is 2. The zero-order valence-corrected chi connectivity index (χ0v) is 13.8. The van der Waals surface area contributed by atoms with Gasteiger partial charge in [0.15, 0.2) is 0 Å². The van der Waals surface area contributed by atoms with Crippen molar-refractivity contribution in [3.05, 3.63) is 53.1 Å². The number of rotatable bonds is 3. The number of nitrogens with one attached hydrogen (secondary N) is 2. The van der Waals surface area contributed by atoms with Gasteiger partial charge in [-0.25, -0.2) is 8.42 Å². The maximum atomic E-state index is 12.6. The molecule has 22 heavy (non-hydrogen) atoms. The number of benzene rings is 2. The first-order valence-electron chi connectivity index (χ1n) is 7.35. The summed E-state index contributed by atoms with van der Waals surface area (Å²) in [5, 5.41) is 3.33. The van der Waals surface area contributed by atoms with Crippen molar-refractivity contribution in [2.24, 2.45) is 0 Å². The molecule has 2 aromatic rings. The van der Waals surface area contributed by atoms with Crippen LogP contribution in [0.5, 0.6) is 0 Å². The third kappa shape index (κ3) is 2.81. The molecule has 2 aromatic carbocycles. The van der Waals surface area contributed by atoms with Crippen LogP contribution < -0.4 is 10.0 Å². The summed E-state index contributed by atoms with van der Waals surface area (Å²) in [6.45, 7) is 5.97. The molecule has 0 saturated heterocycles. The molecule has 4 nitrogen and oxygen atoms in total. The van der Waals surface area contributed by atoms with Crippen molar-refractivity contribution in [1.29, 1.82) is 0 Å². The van der Waals surface area contributed by atoms with Crippen LogP contribution in [0.2, 0.25) is 0 Å². The van der Waals surface area contributed by atoms with E-state index in [-0.39, 0.29) is 0 Å². The maximum absolute atomic E-state index is 12.6. The van der Waals surface area contributed by atoms with Crippen LogP contribution >= 0.6 is 0 Å². The third-order valence-corrected chi connectivity index (χ3v) is 5.30. The average Bonchev–Trinajstić information content (AvgIpc) is 2.81. The molecule has 3 rings (SSSR count). The van der Waals surface area contributed by atoms with E-state index in [1.807, 2.05) is 32.0 Å². The molecule has 116 valence electrons. The minimum Gasteiger partial charge on any atom is -0.382 e. The Morgan fingerprint density at radius 1 is 1.14 bits per heavy atom. The fourth-order valence-electron chi connectivity index (χ4n) is 2.83. The van der Waals surface area contributed by atoms with Crippen LogP contribution in [-0.4, -0.2) is 14.5 Å². The van der Waals surface area contributed by atoms with Gasteiger partial charge in [-0.2, -0.15) is 0 Å². The summed E-state index contributed by atoms with van der Waals surface area (Å²) in [6, 6.07) is 11.3. The molecule has 1 unspecified atom stereocenters. The summed E-state index contributed by atoms with van der Waals surface area (Å²) >= 11 is 0. The Bertz CT molecular complexity index is 829. The van der Waals surface area contributed by atoms with Gasteiger partial charge < -0.3 is 5.32 Å².